The minimum Gasteiger partial charge on any atom is -0.507 e. The number of nitrogens with one attached hydrogen (secondary N) is 1. The summed E-state index contributed by atoms with van der Waals surface area (Å²) in [6.07, 6.45) is -0.934. The van der Waals surface area contributed by atoms with Crippen molar-refractivity contribution in [3.05, 3.63) is 28.8 Å². The Kier molecular flexibility index (Phi) is 5.82. The van der Waals surface area contributed by atoms with E-state index in [2.05, 4.69) is 5.32 Å². The highest BCUT2D eigenvalue weighted by Gasteiger charge is 2.20. The number of carbonyl (C=O) groups is 2. The van der Waals surface area contributed by atoms with E-state index in [0.29, 0.717) is 17.5 Å². The lowest BCUT2D eigenvalue weighted by atomic mass is 10.2. The van der Waals surface area contributed by atoms with Crippen LogP contribution in [0.15, 0.2) is 18.2 Å². The summed E-state index contributed by atoms with van der Waals surface area (Å²) in [5, 5.41) is 12.6. The van der Waals surface area contributed by atoms with E-state index in [0.717, 1.165) is 0 Å². The molecule has 5 nitrogen and oxygen atoms in total. The first-order valence-electron chi connectivity index (χ1n) is 6.28. The van der Waals surface area contributed by atoms with Crippen molar-refractivity contribution in [1.82, 2.24) is 5.32 Å². The van der Waals surface area contributed by atoms with Crippen LogP contribution in [0.1, 0.15) is 31.1 Å². The van der Waals surface area contributed by atoms with Gasteiger partial charge in [-0.15, -0.1) is 0 Å². The summed E-state index contributed by atoms with van der Waals surface area (Å²) >= 11 is 5.67. The van der Waals surface area contributed by atoms with Gasteiger partial charge in [-0.25, -0.2) is 4.79 Å². The molecule has 1 atom stereocenters. The van der Waals surface area contributed by atoms with Crippen molar-refractivity contribution in [2.75, 3.05) is 6.54 Å². The summed E-state index contributed by atoms with van der Waals surface area (Å²) in [6.45, 7) is 5.90. The number of benzene rings is 1. The first-order chi connectivity index (χ1) is 9.31. The van der Waals surface area contributed by atoms with Gasteiger partial charge in [0.1, 0.15) is 11.3 Å². The summed E-state index contributed by atoms with van der Waals surface area (Å²) in [6, 6.07) is 4.04. The molecule has 0 aliphatic carbocycles. The third-order valence-electron chi connectivity index (χ3n) is 2.52. The van der Waals surface area contributed by atoms with Crippen LogP contribution in [0.4, 0.5) is 0 Å². The molecule has 2 N–H and O–H groups in total. The van der Waals surface area contributed by atoms with E-state index in [4.69, 9.17) is 16.3 Å². The zero-order chi connectivity index (χ0) is 15.3. The zero-order valence-electron chi connectivity index (χ0n) is 11.6. The second-order valence-electron chi connectivity index (χ2n) is 4.85. The molecule has 0 fully saturated rings. The Balaban J connectivity index is 2.63. The number of hydrogen-bond acceptors (Lipinski definition) is 4. The smallest absolute Gasteiger partial charge is 0.342 e. The van der Waals surface area contributed by atoms with Crippen LogP contribution in [0.2, 0.25) is 5.02 Å². The Morgan fingerprint density at radius 1 is 1.35 bits per heavy atom. The van der Waals surface area contributed by atoms with Crippen LogP contribution in [-0.4, -0.2) is 29.6 Å². The first kappa shape index (κ1) is 16.3. The van der Waals surface area contributed by atoms with Crippen molar-refractivity contribution in [1.29, 1.82) is 0 Å². The Morgan fingerprint density at radius 3 is 2.55 bits per heavy atom. The van der Waals surface area contributed by atoms with Crippen molar-refractivity contribution in [3.63, 3.8) is 0 Å². The SMILES string of the molecule is CC(C)CNC(=O)C(C)OC(=O)c1ccc(Cl)cc1O. The molecule has 0 aliphatic rings. The molecule has 0 saturated heterocycles. The molecular formula is C14H18ClNO4. The summed E-state index contributed by atoms with van der Waals surface area (Å²) in [5.41, 5.74) is -0.0297. The molecule has 0 aliphatic heterocycles. The van der Waals surface area contributed by atoms with Crippen LogP contribution < -0.4 is 5.32 Å². The van der Waals surface area contributed by atoms with Crippen LogP contribution in [0.25, 0.3) is 0 Å². The molecule has 0 bridgehead atoms. The molecule has 0 heterocycles. The van der Waals surface area contributed by atoms with Crippen LogP contribution >= 0.6 is 11.6 Å². The monoisotopic (exact) mass is 299 g/mol. The normalized spacial score (nSPS) is 12.1. The van der Waals surface area contributed by atoms with Gasteiger partial charge in [0.2, 0.25) is 0 Å². The third-order valence-corrected chi connectivity index (χ3v) is 2.75. The lowest BCUT2D eigenvalue weighted by Gasteiger charge is -2.15. The maximum Gasteiger partial charge on any atom is 0.342 e. The highest BCUT2D eigenvalue weighted by Crippen LogP contribution is 2.22. The number of phenolic OH excluding ortho intramolecular Hbond substituents is 1. The van der Waals surface area contributed by atoms with Crippen LogP contribution in [0.3, 0.4) is 0 Å². The molecule has 1 amide bonds. The second kappa shape index (κ2) is 7.14. The number of rotatable bonds is 5. The van der Waals surface area contributed by atoms with Crippen LogP contribution in [0, 0.1) is 5.92 Å². The van der Waals surface area contributed by atoms with Crippen LogP contribution in [0.5, 0.6) is 5.75 Å². The Labute approximate surface area is 122 Å². The summed E-state index contributed by atoms with van der Waals surface area (Å²) in [7, 11) is 0. The Morgan fingerprint density at radius 2 is 2.00 bits per heavy atom. The average Bonchev–Trinajstić information content (AvgIpc) is 2.35. The van der Waals surface area contributed by atoms with E-state index in [1.807, 2.05) is 13.8 Å². The largest absolute Gasteiger partial charge is 0.507 e. The van der Waals surface area contributed by atoms with Gasteiger partial charge in [-0.2, -0.15) is 0 Å². The van der Waals surface area contributed by atoms with Crippen molar-refractivity contribution in [2.24, 2.45) is 5.92 Å². The van der Waals surface area contributed by atoms with Gasteiger partial charge in [0.05, 0.1) is 0 Å². The number of hydrogen-bond donors (Lipinski definition) is 2. The van der Waals surface area contributed by atoms with E-state index in [-0.39, 0.29) is 17.2 Å². The quantitative estimate of drug-likeness (QED) is 0.818. The number of aromatic hydroxyl groups is 1. The number of carbonyl (C=O) groups excluding carboxylic acids is 2. The lowest BCUT2D eigenvalue weighted by Crippen LogP contribution is -2.37. The average molecular weight is 300 g/mol. The molecule has 1 aromatic carbocycles. The molecule has 0 spiro atoms. The molecule has 6 heteroatoms. The maximum atomic E-state index is 11.8. The summed E-state index contributed by atoms with van der Waals surface area (Å²) < 4.78 is 5.00. The van der Waals surface area contributed by atoms with E-state index in [9.17, 15) is 14.7 Å². The van der Waals surface area contributed by atoms with Gasteiger partial charge < -0.3 is 15.2 Å². The minimum absolute atomic E-state index is 0.0297. The summed E-state index contributed by atoms with van der Waals surface area (Å²) in [4.78, 5) is 23.5. The van der Waals surface area contributed by atoms with E-state index < -0.39 is 12.1 Å². The van der Waals surface area contributed by atoms with Crippen molar-refractivity contribution in [3.8, 4) is 5.75 Å². The molecule has 1 rings (SSSR count). The zero-order valence-corrected chi connectivity index (χ0v) is 12.4. The topological polar surface area (TPSA) is 75.6 Å². The number of esters is 1. The summed E-state index contributed by atoms with van der Waals surface area (Å²) in [5.74, 6) is -1.12. The van der Waals surface area contributed by atoms with Gasteiger partial charge >= 0.3 is 5.97 Å². The number of phenols is 1. The van der Waals surface area contributed by atoms with Gasteiger partial charge in [0.25, 0.3) is 5.91 Å². The maximum absolute atomic E-state index is 11.8. The minimum atomic E-state index is -0.934. The van der Waals surface area contributed by atoms with E-state index in [1.165, 1.54) is 25.1 Å². The fraction of sp³-hybridized carbons (Fsp3) is 0.429. The Bertz CT molecular complexity index is 502. The predicted molar refractivity (Wildman–Crippen MR) is 75.8 cm³/mol. The van der Waals surface area contributed by atoms with Crippen LogP contribution in [-0.2, 0) is 9.53 Å². The molecular weight excluding hydrogens is 282 g/mol. The van der Waals surface area contributed by atoms with Gasteiger partial charge in [-0.3, -0.25) is 4.79 Å². The second-order valence-corrected chi connectivity index (χ2v) is 5.28. The number of amides is 1. The molecule has 0 saturated carbocycles. The lowest BCUT2D eigenvalue weighted by molar-refractivity contribution is -0.129. The molecule has 110 valence electrons. The van der Waals surface area contributed by atoms with Gasteiger partial charge in [0, 0.05) is 11.6 Å². The van der Waals surface area contributed by atoms with Crippen molar-refractivity contribution < 1.29 is 19.4 Å². The van der Waals surface area contributed by atoms with Gasteiger partial charge in [-0.1, -0.05) is 25.4 Å². The standard InChI is InChI=1S/C14H18ClNO4/c1-8(2)7-16-13(18)9(3)20-14(19)11-5-4-10(15)6-12(11)17/h4-6,8-9,17H,7H2,1-3H3,(H,16,18). The fourth-order valence-corrected chi connectivity index (χ4v) is 1.57. The molecule has 0 aromatic heterocycles. The molecule has 0 radical (unpaired) electrons. The molecule has 1 unspecified atom stereocenters. The van der Waals surface area contributed by atoms with Gasteiger partial charge in [-0.05, 0) is 31.0 Å². The van der Waals surface area contributed by atoms with E-state index >= 15 is 0 Å². The highest BCUT2D eigenvalue weighted by atomic mass is 35.5. The molecule has 1 aromatic rings. The molecule has 20 heavy (non-hydrogen) atoms. The number of halogens is 1. The predicted octanol–water partition coefficient (Wildman–Crippen LogP) is 2.36. The first-order valence-corrected chi connectivity index (χ1v) is 6.66. The van der Waals surface area contributed by atoms with Crippen molar-refractivity contribution in [2.45, 2.75) is 26.9 Å². The van der Waals surface area contributed by atoms with E-state index in [1.54, 1.807) is 0 Å². The Hall–Kier alpha value is -1.75. The third kappa shape index (κ3) is 4.74. The number of ether oxygens (including phenoxy) is 1. The van der Waals surface area contributed by atoms with Gasteiger partial charge in [0.15, 0.2) is 6.10 Å². The highest BCUT2D eigenvalue weighted by molar-refractivity contribution is 6.30. The fourth-order valence-electron chi connectivity index (χ4n) is 1.40. The van der Waals surface area contributed by atoms with Crippen molar-refractivity contribution >= 4 is 23.5 Å².